The Morgan fingerprint density at radius 1 is 1.21 bits per heavy atom. The summed E-state index contributed by atoms with van der Waals surface area (Å²) >= 11 is 0. The van der Waals surface area contributed by atoms with E-state index in [0.29, 0.717) is 5.89 Å². The van der Waals surface area contributed by atoms with Gasteiger partial charge < -0.3 is 9.84 Å². The molecule has 1 aromatic carbocycles. The largest absolute Gasteiger partial charge is 0.334 e. The molecular weight excluding hydrogens is 238 g/mol. The molecule has 1 N–H and O–H groups in total. The lowest BCUT2D eigenvalue weighted by Crippen LogP contribution is -2.10. The van der Waals surface area contributed by atoms with Crippen molar-refractivity contribution in [2.75, 3.05) is 0 Å². The van der Waals surface area contributed by atoms with Gasteiger partial charge in [0, 0.05) is 25.1 Å². The molecule has 0 spiro atoms. The Kier molecular flexibility index (Phi) is 2.90. The smallest absolute Gasteiger partial charge is 0.257 e. The number of nitrogens with zero attached hydrogens (tertiary/aromatic N) is 2. The molecule has 100 valence electrons. The Balaban J connectivity index is 1.86. The topological polar surface area (TPSA) is 51.0 Å². The van der Waals surface area contributed by atoms with E-state index in [-0.39, 0.29) is 5.41 Å². The van der Waals surface area contributed by atoms with Crippen LogP contribution in [0.2, 0.25) is 0 Å². The minimum atomic E-state index is 0.170. The van der Waals surface area contributed by atoms with Gasteiger partial charge in [-0.25, -0.2) is 0 Å². The highest BCUT2D eigenvalue weighted by Crippen LogP contribution is 2.25. The van der Waals surface area contributed by atoms with Gasteiger partial charge >= 0.3 is 0 Å². The monoisotopic (exact) mass is 257 g/mol. The second-order valence-electron chi connectivity index (χ2n) is 6.34. The quantitative estimate of drug-likeness (QED) is 0.898. The van der Waals surface area contributed by atoms with Crippen molar-refractivity contribution in [1.29, 1.82) is 0 Å². The fourth-order valence-corrected chi connectivity index (χ4v) is 2.35. The maximum Gasteiger partial charge on any atom is 0.257 e. The molecule has 4 heteroatoms. The van der Waals surface area contributed by atoms with Crippen LogP contribution in [-0.4, -0.2) is 10.1 Å². The Hall–Kier alpha value is -1.68. The molecule has 0 bridgehead atoms. The van der Waals surface area contributed by atoms with Crippen LogP contribution in [0, 0.1) is 5.41 Å². The third-order valence-corrected chi connectivity index (χ3v) is 3.24. The van der Waals surface area contributed by atoms with Crippen LogP contribution in [0.15, 0.2) is 22.7 Å². The summed E-state index contributed by atoms with van der Waals surface area (Å²) in [5.74, 6) is 1.40. The van der Waals surface area contributed by atoms with E-state index < -0.39 is 0 Å². The Bertz CT molecular complexity index is 596. The highest BCUT2D eigenvalue weighted by atomic mass is 16.5. The zero-order valence-electron chi connectivity index (χ0n) is 11.7. The second kappa shape index (κ2) is 4.46. The highest BCUT2D eigenvalue weighted by molar-refractivity contribution is 5.56. The minimum Gasteiger partial charge on any atom is -0.334 e. The Morgan fingerprint density at radius 2 is 2.00 bits per heavy atom. The van der Waals surface area contributed by atoms with Crippen molar-refractivity contribution < 1.29 is 4.52 Å². The number of aromatic nitrogens is 2. The summed E-state index contributed by atoms with van der Waals surface area (Å²) in [5.41, 5.74) is 3.87. The molecule has 0 saturated carbocycles. The summed E-state index contributed by atoms with van der Waals surface area (Å²) in [5, 5.41) is 7.41. The maximum absolute atomic E-state index is 5.37. The van der Waals surface area contributed by atoms with Crippen molar-refractivity contribution >= 4 is 0 Å². The lowest BCUT2D eigenvalue weighted by molar-refractivity contribution is 0.374. The van der Waals surface area contributed by atoms with Crippen LogP contribution >= 0.6 is 0 Å². The van der Waals surface area contributed by atoms with Crippen LogP contribution in [-0.2, 0) is 19.5 Å². The van der Waals surface area contributed by atoms with Gasteiger partial charge in [-0.05, 0) is 28.7 Å². The van der Waals surface area contributed by atoms with E-state index >= 15 is 0 Å². The van der Waals surface area contributed by atoms with Gasteiger partial charge in [0.05, 0.1) is 0 Å². The first-order valence-electron chi connectivity index (χ1n) is 6.67. The van der Waals surface area contributed by atoms with Crippen LogP contribution in [0.5, 0.6) is 0 Å². The molecule has 0 radical (unpaired) electrons. The van der Waals surface area contributed by atoms with Crippen molar-refractivity contribution in [2.24, 2.45) is 5.41 Å². The summed E-state index contributed by atoms with van der Waals surface area (Å²) in [6.07, 6.45) is 0.822. The summed E-state index contributed by atoms with van der Waals surface area (Å²) < 4.78 is 5.37. The number of hydrogen-bond acceptors (Lipinski definition) is 4. The number of fused-ring (bicyclic) bond motifs is 1. The van der Waals surface area contributed by atoms with Crippen LogP contribution in [0.4, 0.5) is 0 Å². The molecule has 19 heavy (non-hydrogen) atoms. The summed E-state index contributed by atoms with van der Waals surface area (Å²) in [6, 6.07) is 6.34. The van der Waals surface area contributed by atoms with Gasteiger partial charge in [0.15, 0.2) is 5.82 Å². The average molecular weight is 257 g/mol. The molecule has 4 nitrogen and oxygen atoms in total. The fraction of sp³-hybridized carbons (Fsp3) is 0.467. The van der Waals surface area contributed by atoms with E-state index in [2.05, 4.69) is 54.4 Å². The van der Waals surface area contributed by atoms with Crippen LogP contribution in [0.25, 0.3) is 11.5 Å². The predicted molar refractivity (Wildman–Crippen MR) is 73.4 cm³/mol. The molecule has 1 aliphatic heterocycles. The van der Waals surface area contributed by atoms with E-state index in [1.165, 1.54) is 11.1 Å². The molecule has 1 aromatic heterocycles. The molecule has 2 heterocycles. The molecule has 0 saturated heterocycles. The highest BCUT2D eigenvalue weighted by Gasteiger charge is 2.18. The number of hydrogen-bond donors (Lipinski definition) is 1. The zero-order valence-corrected chi connectivity index (χ0v) is 11.7. The molecule has 3 rings (SSSR count). The minimum absolute atomic E-state index is 0.170. The molecule has 0 atom stereocenters. The third-order valence-electron chi connectivity index (χ3n) is 3.24. The van der Waals surface area contributed by atoms with Gasteiger partial charge in [0.1, 0.15) is 0 Å². The standard InChI is InChI=1S/C15H19N3O/c1-15(2,3)7-13-17-14(19-18-13)10-4-5-11-8-16-9-12(11)6-10/h4-6,16H,7-9H2,1-3H3. The van der Waals surface area contributed by atoms with E-state index in [9.17, 15) is 0 Å². The van der Waals surface area contributed by atoms with Gasteiger partial charge in [0.25, 0.3) is 5.89 Å². The maximum atomic E-state index is 5.37. The first-order valence-corrected chi connectivity index (χ1v) is 6.67. The van der Waals surface area contributed by atoms with Crippen molar-refractivity contribution in [1.82, 2.24) is 15.5 Å². The third kappa shape index (κ3) is 2.68. The normalized spacial score (nSPS) is 14.7. The molecule has 1 aliphatic rings. The summed E-state index contributed by atoms with van der Waals surface area (Å²) in [6.45, 7) is 8.39. The Labute approximate surface area is 113 Å². The van der Waals surface area contributed by atoms with Crippen LogP contribution < -0.4 is 5.32 Å². The predicted octanol–water partition coefficient (Wildman–Crippen LogP) is 2.93. The molecular formula is C15H19N3O. The molecule has 2 aromatic rings. The summed E-state index contributed by atoms with van der Waals surface area (Å²) in [4.78, 5) is 4.49. The van der Waals surface area contributed by atoms with E-state index in [0.717, 1.165) is 30.9 Å². The zero-order chi connectivity index (χ0) is 13.5. The van der Waals surface area contributed by atoms with Gasteiger partial charge in [-0.2, -0.15) is 4.98 Å². The second-order valence-corrected chi connectivity index (χ2v) is 6.34. The van der Waals surface area contributed by atoms with Crippen molar-refractivity contribution in [3.8, 4) is 11.5 Å². The SMILES string of the molecule is CC(C)(C)Cc1noc(-c2ccc3c(c2)CNC3)n1. The van der Waals surface area contributed by atoms with Crippen LogP contribution in [0.3, 0.4) is 0 Å². The van der Waals surface area contributed by atoms with Crippen molar-refractivity contribution in [2.45, 2.75) is 40.3 Å². The van der Waals surface area contributed by atoms with Gasteiger partial charge in [-0.15, -0.1) is 0 Å². The number of benzene rings is 1. The Morgan fingerprint density at radius 3 is 2.79 bits per heavy atom. The first kappa shape index (κ1) is 12.4. The molecule has 0 unspecified atom stereocenters. The lowest BCUT2D eigenvalue weighted by Gasteiger charge is -2.14. The van der Waals surface area contributed by atoms with E-state index in [4.69, 9.17) is 4.52 Å². The van der Waals surface area contributed by atoms with E-state index in [1.807, 2.05) is 0 Å². The average Bonchev–Trinajstić information content (AvgIpc) is 2.93. The van der Waals surface area contributed by atoms with Gasteiger partial charge in [-0.1, -0.05) is 32.0 Å². The fourth-order valence-electron chi connectivity index (χ4n) is 2.35. The number of rotatable bonds is 2. The van der Waals surface area contributed by atoms with Crippen LogP contribution in [0.1, 0.15) is 37.7 Å². The first-order chi connectivity index (χ1) is 9.01. The molecule has 0 aliphatic carbocycles. The van der Waals surface area contributed by atoms with Gasteiger partial charge in [0.2, 0.25) is 0 Å². The molecule has 0 amide bonds. The molecule has 0 fully saturated rings. The van der Waals surface area contributed by atoms with Crippen molar-refractivity contribution in [3.05, 3.63) is 35.2 Å². The van der Waals surface area contributed by atoms with E-state index in [1.54, 1.807) is 0 Å². The van der Waals surface area contributed by atoms with Gasteiger partial charge in [-0.3, -0.25) is 0 Å². The number of nitrogens with one attached hydrogen (secondary N) is 1. The van der Waals surface area contributed by atoms with Crippen molar-refractivity contribution in [3.63, 3.8) is 0 Å². The lowest BCUT2D eigenvalue weighted by atomic mass is 9.92. The summed E-state index contributed by atoms with van der Waals surface area (Å²) in [7, 11) is 0.